The Morgan fingerprint density at radius 1 is 1.28 bits per heavy atom. The van der Waals surface area contributed by atoms with Crippen LogP contribution in [0.1, 0.15) is 59.8 Å². The van der Waals surface area contributed by atoms with Crippen LogP contribution < -0.4 is 11.2 Å². The van der Waals surface area contributed by atoms with Crippen LogP contribution in [0, 0.1) is 12.1 Å². The van der Waals surface area contributed by atoms with Gasteiger partial charge in [0.2, 0.25) is 0 Å². The van der Waals surface area contributed by atoms with E-state index < -0.39 is 37.4 Å². The number of hydrogen-bond donors (Lipinski definition) is 1. The van der Waals surface area contributed by atoms with Gasteiger partial charge in [-0.25, -0.2) is 9.53 Å². The molecular formula is C20H35N3O5Si. The Labute approximate surface area is 173 Å². The molecule has 1 aromatic rings. The fraction of sp³-hybridized carbons (Fsp3) is 0.750. The lowest BCUT2D eigenvalue weighted by molar-refractivity contribution is -0.533. The Morgan fingerprint density at radius 2 is 1.86 bits per heavy atom. The summed E-state index contributed by atoms with van der Waals surface area (Å²) in [6.07, 6.45) is 1.83. The van der Waals surface area contributed by atoms with E-state index in [0.29, 0.717) is 12.0 Å². The first-order valence-corrected chi connectivity index (χ1v) is 12.9. The van der Waals surface area contributed by atoms with Crippen molar-refractivity contribution in [3.05, 3.63) is 37.8 Å². The maximum absolute atomic E-state index is 12.6. The van der Waals surface area contributed by atoms with Crippen LogP contribution in [-0.2, 0) is 9.16 Å². The van der Waals surface area contributed by atoms with Crippen molar-refractivity contribution < 1.29 is 13.9 Å². The number of hydroxylamine groups is 1. The van der Waals surface area contributed by atoms with Crippen LogP contribution in [0.5, 0.6) is 0 Å². The van der Waals surface area contributed by atoms with Crippen LogP contribution in [0.25, 0.3) is 0 Å². The minimum atomic E-state index is -2.14. The van der Waals surface area contributed by atoms with E-state index in [9.17, 15) is 14.8 Å². The lowest BCUT2D eigenvalue weighted by atomic mass is 10.1. The van der Waals surface area contributed by atoms with Gasteiger partial charge in [0.25, 0.3) is 5.56 Å². The topological polar surface area (TPSA) is 99.4 Å². The van der Waals surface area contributed by atoms with E-state index in [1.165, 1.54) is 17.0 Å². The molecule has 1 N–H and O–H groups in total. The molecule has 1 aliphatic heterocycles. The molecule has 1 aromatic heterocycles. The maximum atomic E-state index is 12.6. The molecule has 1 aliphatic rings. The SMILES string of the molecule is Cc1cn(C2CC(O[Si](C)(C)C(C)(C)C)C(C=[N+]([O-])C(C)(C)C)O2)c(=O)[nH]c1=O. The molecule has 0 aromatic carbocycles. The summed E-state index contributed by atoms with van der Waals surface area (Å²) in [4.78, 5) is 26.3. The molecule has 0 radical (unpaired) electrons. The fourth-order valence-electron chi connectivity index (χ4n) is 2.80. The van der Waals surface area contributed by atoms with Gasteiger partial charge in [0.1, 0.15) is 6.23 Å². The first-order valence-electron chi connectivity index (χ1n) is 10.00. The highest BCUT2D eigenvalue weighted by Gasteiger charge is 2.46. The van der Waals surface area contributed by atoms with Gasteiger partial charge in [0, 0.05) is 39.0 Å². The van der Waals surface area contributed by atoms with E-state index in [4.69, 9.17) is 9.16 Å². The monoisotopic (exact) mass is 425 g/mol. The number of nitrogens with one attached hydrogen (secondary N) is 1. The van der Waals surface area contributed by atoms with Crippen molar-refractivity contribution >= 4 is 14.5 Å². The number of H-pyrrole nitrogens is 1. The lowest BCUT2D eigenvalue weighted by Gasteiger charge is -2.38. The van der Waals surface area contributed by atoms with Gasteiger partial charge in [-0.15, -0.1) is 0 Å². The second-order valence-electron chi connectivity index (χ2n) is 10.3. The van der Waals surface area contributed by atoms with E-state index in [2.05, 4.69) is 38.8 Å². The third-order valence-corrected chi connectivity index (χ3v) is 10.3. The van der Waals surface area contributed by atoms with Crippen molar-refractivity contribution in [1.29, 1.82) is 0 Å². The van der Waals surface area contributed by atoms with Gasteiger partial charge in [-0.3, -0.25) is 14.3 Å². The van der Waals surface area contributed by atoms with Gasteiger partial charge < -0.3 is 14.4 Å². The maximum Gasteiger partial charge on any atom is 0.330 e. The zero-order chi connectivity index (χ0) is 22.4. The van der Waals surface area contributed by atoms with Crippen LogP contribution in [0.3, 0.4) is 0 Å². The number of ether oxygens (including phenoxy) is 1. The van der Waals surface area contributed by atoms with Gasteiger partial charge >= 0.3 is 5.69 Å². The van der Waals surface area contributed by atoms with E-state index in [0.717, 1.165) is 4.74 Å². The average molecular weight is 426 g/mol. The summed E-state index contributed by atoms with van der Waals surface area (Å²) in [6, 6.07) is 0. The third kappa shape index (κ3) is 5.26. The number of aromatic nitrogens is 2. The number of rotatable bonds is 4. The van der Waals surface area contributed by atoms with E-state index in [1.54, 1.807) is 6.92 Å². The van der Waals surface area contributed by atoms with E-state index in [1.807, 2.05) is 20.8 Å². The van der Waals surface area contributed by atoms with Crippen LogP contribution in [-0.4, -0.2) is 46.6 Å². The first kappa shape index (κ1) is 23.6. The molecule has 164 valence electrons. The van der Waals surface area contributed by atoms with Gasteiger partial charge in [-0.1, -0.05) is 20.8 Å². The number of aryl methyl sites for hydroxylation is 1. The Morgan fingerprint density at radius 3 is 2.38 bits per heavy atom. The van der Waals surface area contributed by atoms with Gasteiger partial charge in [0.15, 0.2) is 26.2 Å². The van der Waals surface area contributed by atoms with Crippen LogP contribution in [0.15, 0.2) is 15.8 Å². The van der Waals surface area contributed by atoms with E-state index >= 15 is 0 Å². The summed E-state index contributed by atoms with van der Waals surface area (Å²) in [7, 11) is -2.14. The van der Waals surface area contributed by atoms with Crippen molar-refractivity contribution in [3.8, 4) is 0 Å². The second kappa shape index (κ2) is 7.85. The summed E-state index contributed by atoms with van der Waals surface area (Å²) in [5, 5.41) is 12.5. The minimum absolute atomic E-state index is 0.0117. The number of aromatic amines is 1. The highest BCUT2D eigenvalue weighted by molar-refractivity contribution is 6.74. The zero-order valence-electron chi connectivity index (χ0n) is 19.0. The van der Waals surface area contributed by atoms with E-state index in [-0.39, 0.29) is 11.1 Å². The summed E-state index contributed by atoms with van der Waals surface area (Å²) >= 11 is 0. The Bertz CT molecular complexity index is 889. The molecule has 0 amide bonds. The molecule has 1 fully saturated rings. The molecule has 29 heavy (non-hydrogen) atoms. The van der Waals surface area contributed by atoms with Crippen molar-refractivity contribution in [1.82, 2.24) is 9.55 Å². The van der Waals surface area contributed by atoms with Gasteiger partial charge in [-0.2, -0.15) is 0 Å². The van der Waals surface area contributed by atoms with Crippen LogP contribution >= 0.6 is 0 Å². The van der Waals surface area contributed by atoms with Crippen molar-refractivity contribution in [3.63, 3.8) is 0 Å². The van der Waals surface area contributed by atoms with Gasteiger partial charge in [0.05, 0.1) is 6.10 Å². The predicted molar refractivity (Wildman–Crippen MR) is 116 cm³/mol. The molecule has 2 rings (SSSR count). The summed E-state index contributed by atoms with van der Waals surface area (Å²) < 4.78 is 14.9. The molecule has 8 nitrogen and oxygen atoms in total. The molecule has 0 bridgehead atoms. The quantitative estimate of drug-likeness (QED) is 0.263. The fourth-order valence-corrected chi connectivity index (χ4v) is 4.14. The summed E-state index contributed by atoms with van der Waals surface area (Å²) in [5.41, 5.74) is -1.15. The summed E-state index contributed by atoms with van der Waals surface area (Å²) in [5.74, 6) is 0. The molecule has 3 unspecified atom stereocenters. The smallest absolute Gasteiger partial charge is 0.330 e. The minimum Gasteiger partial charge on any atom is -0.624 e. The largest absolute Gasteiger partial charge is 0.624 e. The second-order valence-corrected chi connectivity index (χ2v) is 15.1. The van der Waals surface area contributed by atoms with Crippen molar-refractivity contribution in [2.24, 2.45) is 0 Å². The number of hydrogen-bond acceptors (Lipinski definition) is 5. The first-order chi connectivity index (χ1) is 13.0. The van der Waals surface area contributed by atoms with Gasteiger partial charge in [-0.05, 0) is 25.1 Å². The normalized spacial score (nSPS) is 24.2. The molecule has 0 saturated carbocycles. The van der Waals surface area contributed by atoms with Crippen molar-refractivity contribution in [2.45, 2.75) is 97.0 Å². The molecular weight excluding hydrogens is 390 g/mol. The molecule has 2 heterocycles. The van der Waals surface area contributed by atoms with Crippen molar-refractivity contribution in [2.75, 3.05) is 0 Å². The molecule has 1 saturated heterocycles. The molecule has 0 aliphatic carbocycles. The Balaban J connectivity index is 2.43. The Kier molecular flexibility index (Phi) is 6.37. The van der Waals surface area contributed by atoms with Crippen LogP contribution in [0.2, 0.25) is 18.1 Å². The lowest BCUT2D eigenvalue weighted by Crippen LogP contribution is -2.47. The molecule has 3 atom stereocenters. The highest BCUT2D eigenvalue weighted by Crippen LogP contribution is 2.40. The van der Waals surface area contributed by atoms with Crippen LogP contribution in [0.4, 0.5) is 0 Å². The average Bonchev–Trinajstić information content (AvgIpc) is 2.90. The molecule has 0 spiro atoms. The standard InChI is InChI=1S/C20H35N3O5Si/c1-13-11-22(18(25)21-17(13)24)16-10-14(28-29(8,9)20(5,6)7)15(27-16)12-23(26)19(2,3)4/h11-12,14-16H,10H2,1-9H3,(H,21,24,25). The summed E-state index contributed by atoms with van der Waals surface area (Å²) in [6.45, 7) is 17.8. The highest BCUT2D eigenvalue weighted by atomic mass is 28.4. The molecule has 9 heteroatoms. The Hall–Kier alpha value is -1.71. The number of nitrogens with zero attached hydrogens (tertiary/aromatic N) is 2. The zero-order valence-corrected chi connectivity index (χ0v) is 20.0. The predicted octanol–water partition coefficient (Wildman–Crippen LogP) is 2.90. The third-order valence-electron chi connectivity index (χ3n) is 5.77.